The standard InChI is InChI=1S/C18H18ClN3O3/c1-3-14-8-15-17(20-11-21-18(15)25-10-16(23)24-2)22(14)9-12-5-4-6-13(19)7-12/h4-8,11H,3,9-10H2,1-2H3. The summed E-state index contributed by atoms with van der Waals surface area (Å²) in [5.74, 6) is -0.0872. The molecule has 0 saturated heterocycles. The maximum absolute atomic E-state index is 11.3. The second-order valence-corrected chi connectivity index (χ2v) is 5.92. The van der Waals surface area contributed by atoms with E-state index in [1.807, 2.05) is 30.3 Å². The van der Waals surface area contributed by atoms with Crippen LogP contribution in [0.3, 0.4) is 0 Å². The van der Waals surface area contributed by atoms with Crippen LogP contribution in [-0.2, 0) is 22.5 Å². The number of aryl methyl sites for hydroxylation is 1. The van der Waals surface area contributed by atoms with E-state index in [0.717, 1.165) is 28.7 Å². The summed E-state index contributed by atoms with van der Waals surface area (Å²) in [4.78, 5) is 19.9. The van der Waals surface area contributed by atoms with Crippen LogP contribution in [0.1, 0.15) is 18.2 Å². The van der Waals surface area contributed by atoms with Crippen molar-refractivity contribution in [3.63, 3.8) is 0 Å². The molecule has 0 atom stereocenters. The number of aromatic nitrogens is 3. The second-order valence-electron chi connectivity index (χ2n) is 5.49. The molecule has 3 rings (SSSR count). The number of hydrogen-bond donors (Lipinski definition) is 0. The van der Waals surface area contributed by atoms with E-state index in [9.17, 15) is 4.79 Å². The molecule has 0 unspecified atom stereocenters. The molecule has 6 nitrogen and oxygen atoms in total. The van der Waals surface area contributed by atoms with Gasteiger partial charge in [-0.1, -0.05) is 30.7 Å². The monoisotopic (exact) mass is 359 g/mol. The van der Waals surface area contributed by atoms with E-state index in [0.29, 0.717) is 17.4 Å². The summed E-state index contributed by atoms with van der Waals surface area (Å²) >= 11 is 6.09. The molecular weight excluding hydrogens is 342 g/mol. The van der Waals surface area contributed by atoms with Crippen LogP contribution in [-0.4, -0.2) is 34.2 Å². The fourth-order valence-electron chi connectivity index (χ4n) is 2.68. The molecule has 2 aromatic heterocycles. The molecule has 0 aliphatic rings. The number of benzene rings is 1. The van der Waals surface area contributed by atoms with Crippen molar-refractivity contribution in [1.29, 1.82) is 0 Å². The van der Waals surface area contributed by atoms with Gasteiger partial charge in [0, 0.05) is 17.3 Å². The molecule has 0 saturated carbocycles. The van der Waals surface area contributed by atoms with Gasteiger partial charge in [-0.2, -0.15) is 0 Å². The minimum absolute atomic E-state index is 0.191. The molecule has 2 heterocycles. The average Bonchev–Trinajstić information content (AvgIpc) is 2.98. The third-order valence-corrected chi connectivity index (χ3v) is 4.12. The van der Waals surface area contributed by atoms with Gasteiger partial charge in [0.25, 0.3) is 0 Å². The molecule has 7 heteroatoms. The summed E-state index contributed by atoms with van der Waals surface area (Å²) in [6, 6.07) is 9.72. The summed E-state index contributed by atoms with van der Waals surface area (Å²) in [6.07, 6.45) is 2.26. The number of fused-ring (bicyclic) bond motifs is 1. The predicted octanol–water partition coefficient (Wildman–Crippen LogP) is 3.25. The van der Waals surface area contributed by atoms with Gasteiger partial charge in [-0.3, -0.25) is 0 Å². The third-order valence-electron chi connectivity index (χ3n) is 3.89. The summed E-state index contributed by atoms with van der Waals surface area (Å²) in [5.41, 5.74) is 2.93. The van der Waals surface area contributed by atoms with Gasteiger partial charge >= 0.3 is 5.97 Å². The number of carbonyl (C=O) groups excluding carboxylic acids is 1. The van der Waals surface area contributed by atoms with Crippen molar-refractivity contribution in [2.75, 3.05) is 13.7 Å². The first-order chi connectivity index (χ1) is 12.1. The minimum Gasteiger partial charge on any atom is -0.466 e. The lowest BCUT2D eigenvalue weighted by atomic mass is 10.2. The van der Waals surface area contributed by atoms with Crippen molar-refractivity contribution in [2.24, 2.45) is 0 Å². The van der Waals surface area contributed by atoms with E-state index in [-0.39, 0.29) is 6.61 Å². The van der Waals surface area contributed by atoms with Crippen LogP contribution in [0.4, 0.5) is 0 Å². The van der Waals surface area contributed by atoms with Gasteiger partial charge in [0.2, 0.25) is 5.88 Å². The lowest BCUT2D eigenvalue weighted by Gasteiger charge is -2.10. The Labute approximate surface area is 150 Å². The normalized spacial score (nSPS) is 10.8. The van der Waals surface area contributed by atoms with Gasteiger partial charge in [-0.05, 0) is 30.2 Å². The molecule has 0 amide bonds. The Bertz CT molecular complexity index is 908. The summed E-state index contributed by atoms with van der Waals surface area (Å²) < 4.78 is 12.2. The number of methoxy groups -OCH3 is 1. The Morgan fingerprint density at radius 1 is 1.28 bits per heavy atom. The largest absolute Gasteiger partial charge is 0.466 e. The second kappa shape index (κ2) is 7.53. The van der Waals surface area contributed by atoms with Gasteiger partial charge in [-0.25, -0.2) is 14.8 Å². The zero-order valence-electron chi connectivity index (χ0n) is 14.0. The van der Waals surface area contributed by atoms with E-state index in [1.54, 1.807) is 0 Å². The Kier molecular flexibility index (Phi) is 5.19. The Hall–Kier alpha value is -2.60. The summed E-state index contributed by atoms with van der Waals surface area (Å²) in [7, 11) is 1.32. The molecule has 0 radical (unpaired) electrons. The van der Waals surface area contributed by atoms with Crippen molar-refractivity contribution < 1.29 is 14.3 Å². The van der Waals surface area contributed by atoms with Gasteiger partial charge in [0.15, 0.2) is 6.61 Å². The minimum atomic E-state index is -0.458. The first-order valence-corrected chi connectivity index (χ1v) is 8.27. The van der Waals surface area contributed by atoms with Crippen LogP contribution in [0, 0.1) is 0 Å². The van der Waals surface area contributed by atoms with E-state index in [1.165, 1.54) is 13.4 Å². The highest BCUT2D eigenvalue weighted by molar-refractivity contribution is 6.30. The van der Waals surface area contributed by atoms with E-state index >= 15 is 0 Å². The highest BCUT2D eigenvalue weighted by atomic mass is 35.5. The van der Waals surface area contributed by atoms with Gasteiger partial charge < -0.3 is 14.0 Å². The molecular formula is C18H18ClN3O3. The van der Waals surface area contributed by atoms with Gasteiger partial charge in [-0.15, -0.1) is 0 Å². The van der Waals surface area contributed by atoms with Crippen molar-refractivity contribution in [3.05, 3.63) is 52.9 Å². The predicted molar refractivity (Wildman–Crippen MR) is 95.0 cm³/mol. The molecule has 130 valence electrons. The van der Waals surface area contributed by atoms with Crippen LogP contribution in [0.25, 0.3) is 11.0 Å². The molecule has 0 aliphatic heterocycles. The summed E-state index contributed by atoms with van der Waals surface area (Å²) in [6.45, 7) is 2.52. The van der Waals surface area contributed by atoms with Crippen LogP contribution >= 0.6 is 11.6 Å². The van der Waals surface area contributed by atoms with Crippen LogP contribution < -0.4 is 4.74 Å². The zero-order chi connectivity index (χ0) is 17.8. The molecule has 25 heavy (non-hydrogen) atoms. The number of nitrogens with zero attached hydrogens (tertiary/aromatic N) is 3. The topological polar surface area (TPSA) is 66.2 Å². The number of ether oxygens (including phenoxy) is 2. The lowest BCUT2D eigenvalue weighted by molar-refractivity contribution is -0.142. The van der Waals surface area contributed by atoms with Crippen molar-refractivity contribution in [2.45, 2.75) is 19.9 Å². The maximum atomic E-state index is 11.3. The van der Waals surface area contributed by atoms with Gasteiger partial charge in [0.05, 0.1) is 12.5 Å². The van der Waals surface area contributed by atoms with E-state index in [4.69, 9.17) is 16.3 Å². The maximum Gasteiger partial charge on any atom is 0.343 e. The van der Waals surface area contributed by atoms with Crippen molar-refractivity contribution in [1.82, 2.24) is 14.5 Å². The fraction of sp³-hybridized carbons (Fsp3) is 0.278. The first-order valence-electron chi connectivity index (χ1n) is 7.89. The van der Waals surface area contributed by atoms with Crippen molar-refractivity contribution in [3.8, 4) is 5.88 Å². The van der Waals surface area contributed by atoms with Crippen molar-refractivity contribution >= 4 is 28.6 Å². The van der Waals surface area contributed by atoms with Crippen LogP contribution in [0.15, 0.2) is 36.7 Å². The lowest BCUT2D eigenvalue weighted by Crippen LogP contribution is -2.13. The SMILES string of the molecule is CCc1cc2c(OCC(=O)OC)ncnc2n1Cc1cccc(Cl)c1. The fourth-order valence-corrected chi connectivity index (χ4v) is 2.89. The Morgan fingerprint density at radius 3 is 2.84 bits per heavy atom. The number of esters is 1. The highest BCUT2D eigenvalue weighted by Crippen LogP contribution is 2.27. The molecule has 0 spiro atoms. The average molecular weight is 360 g/mol. The molecule has 1 aromatic carbocycles. The number of carbonyl (C=O) groups is 1. The van der Waals surface area contributed by atoms with Crippen LogP contribution in [0.2, 0.25) is 5.02 Å². The van der Waals surface area contributed by atoms with E-state index < -0.39 is 5.97 Å². The molecule has 0 bridgehead atoms. The molecule has 0 fully saturated rings. The highest BCUT2D eigenvalue weighted by Gasteiger charge is 2.15. The Balaban J connectivity index is 1.99. The zero-order valence-corrected chi connectivity index (χ0v) is 14.8. The van der Waals surface area contributed by atoms with Crippen LogP contribution in [0.5, 0.6) is 5.88 Å². The quantitative estimate of drug-likeness (QED) is 0.632. The number of hydrogen-bond acceptors (Lipinski definition) is 5. The molecule has 3 aromatic rings. The first kappa shape index (κ1) is 17.2. The summed E-state index contributed by atoms with van der Waals surface area (Å²) in [5, 5.41) is 1.47. The number of rotatable bonds is 6. The molecule has 0 aliphatic carbocycles. The third kappa shape index (κ3) is 3.74. The van der Waals surface area contributed by atoms with Gasteiger partial charge in [0.1, 0.15) is 12.0 Å². The number of halogens is 1. The van der Waals surface area contributed by atoms with E-state index in [2.05, 4.69) is 26.2 Å². The molecule has 0 N–H and O–H groups in total. The smallest absolute Gasteiger partial charge is 0.343 e. The Morgan fingerprint density at radius 2 is 2.12 bits per heavy atom.